The highest BCUT2D eigenvalue weighted by Crippen LogP contribution is 2.40. The molecule has 1 aromatic carbocycles. The van der Waals surface area contributed by atoms with Gasteiger partial charge in [0.2, 0.25) is 5.16 Å². The standard InChI is InChI=1S/C18H15N7O2S4/c1-24-18(21-22-23-24)30-14-6-5-13(25(2)31(26,27)15-4-3-8-28-15)16-11(14)10-12(20-16)17-19-7-9-29-17/h3-10,20H,1-2H3. The third-order valence-corrected chi connectivity index (χ3v) is 9.68. The Kier molecular flexibility index (Phi) is 5.04. The van der Waals surface area contributed by atoms with Gasteiger partial charge in [-0.05, 0) is 51.8 Å². The van der Waals surface area contributed by atoms with Gasteiger partial charge in [-0.15, -0.1) is 27.8 Å². The number of aryl methyl sites for hydroxylation is 1. The first-order valence-corrected chi connectivity index (χ1v) is 12.9. The summed E-state index contributed by atoms with van der Waals surface area (Å²) in [4.78, 5) is 8.65. The van der Waals surface area contributed by atoms with Crippen LogP contribution in [0.2, 0.25) is 0 Å². The number of hydrogen-bond donors (Lipinski definition) is 1. The maximum Gasteiger partial charge on any atom is 0.273 e. The van der Waals surface area contributed by atoms with E-state index in [-0.39, 0.29) is 0 Å². The number of thiazole rings is 1. The number of sulfonamides is 1. The van der Waals surface area contributed by atoms with Crippen molar-refractivity contribution in [3.8, 4) is 10.7 Å². The van der Waals surface area contributed by atoms with Crippen molar-refractivity contribution in [2.24, 2.45) is 7.05 Å². The maximum absolute atomic E-state index is 13.1. The Bertz CT molecular complexity index is 1450. The summed E-state index contributed by atoms with van der Waals surface area (Å²) in [6.07, 6.45) is 1.74. The van der Waals surface area contributed by atoms with Crippen molar-refractivity contribution < 1.29 is 8.42 Å². The van der Waals surface area contributed by atoms with E-state index >= 15 is 0 Å². The fourth-order valence-electron chi connectivity index (χ4n) is 3.08. The molecule has 0 fully saturated rings. The monoisotopic (exact) mass is 489 g/mol. The first kappa shape index (κ1) is 20.2. The molecule has 158 valence electrons. The van der Waals surface area contributed by atoms with E-state index < -0.39 is 10.0 Å². The second kappa shape index (κ2) is 7.75. The number of H-pyrrole nitrogens is 1. The minimum atomic E-state index is -3.68. The molecule has 0 unspecified atom stereocenters. The normalized spacial score (nSPS) is 11.9. The molecule has 0 bridgehead atoms. The van der Waals surface area contributed by atoms with Gasteiger partial charge < -0.3 is 4.98 Å². The van der Waals surface area contributed by atoms with Gasteiger partial charge in [-0.3, -0.25) is 4.31 Å². The van der Waals surface area contributed by atoms with Gasteiger partial charge in [-0.2, -0.15) is 0 Å². The molecule has 31 heavy (non-hydrogen) atoms. The van der Waals surface area contributed by atoms with Crippen LogP contribution >= 0.6 is 34.4 Å². The lowest BCUT2D eigenvalue weighted by Gasteiger charge is -2.20. The second-order valence-electron chi connectivity index (χ2n) is 6.48. The number of aromatic amines is 1. The zero-order chi connectivity index (χ0) is 21.6. The first-order chi connectivity index (χ1) is 14.9. The molecule has 0 saturated carbocycles. The van der Waals surface area contributed by atoms with Crippen molar-refractivity contribution >= 4 is 61.0 Å². The molecular weight excluding hydrogens is 475 g/mol. The summed E-state index contributed by atoms with van der Waals surface area (Å²) in [7, 11) is -0.345. The van der Waals surface area contributed by atoms with E-state index in [9.17, 15) is 8.42 Å². The highest BCUT2D eigenvalue weighted by molar-refractivity contribution is 7.99. The summed E-state index contributed by atoms with van der Waals surface area (Å²) >= 11 is 4.11. The highest BCUT2D eigenvalue weighted by Gasteiger charge is 2.25. The molecule has 0 spiro atoms. The van der Waals surface area contributed by atoms with Crippen molar-refractivity contribution in [3.05, 3.63) is 47.3 Å². The van der Waals surface area contributed by atoms with E-state index in [0.717, 1.165) is 21.0 Å². The smallest absolute Gasteiger partial charge is 0.273 e. The number of rotatable bonds is 6. The molecule has 1 N–H and O–H groups in total. The van der Waals surface area contributed by atoms with Crippen molar-refractivity contribution in [2.75, 3.05) is 11.4 Å². The minimum absolute atomic E-state index is 0.290. The number of nitrogens with zero attached hydrogens (tertiary/aromatic N) is 6. The molecule has 0 atom stereocenters. The van der Waals surface area contributed by atoms with Crippen molar-refractivity contribution in [1.82, 2.24) is 30.2 Å². The van der Waals surface area contributed by atoms with Gasteiger partial charge in [0, 0.05) is 36.0 Å². The zero-order valence-corrected chi connectivity index (χ0v) is 19.5. The predicted molar refractivity (Wildman–Crippen MR) is 122 cm³/mol. The van der Waals surface area contributed by atoms with Gasteiger partial charge in [0.05, 0.1) is 16.9 Å². The predicted octanol–water partition coefficient (Wildman–Crippen LogP) is 3.85. The summed E-state index contributed by atoms with van der Waals surface area (Å²) in [5.41, 5.74) is 2.07. The lowest BCUT2D eigenvalue weighted by atomic mass is 10.2. The van der Waals surface area contributed by atoms with Gasteiger partial charge in [0.15, 0.2) is 0 Å². The summed E-state index contributed by atoms with van der Waals surface area (Å²) in [5, 5.41) is 17.6. The molecule has 5 rings (SSSR count). The Labute approximate surface area is 189 Å². The van der Waals surface area contributed by atoms with E-state index in [1.165, 1.54) is 38.7 Å². The van der Waals surface area contributed by atoms with Gasteiger partial charge >= 0.3 is 0 Å². The molecule has 13 heteroatoms. The maximum atomic E-state index is 13.1. The molecule has 4 aromatic heterocycles. The lowest BCUT2D eigenvalue weighted by molar-refractivity contribution is 0.596. The zero-order valence-electron chi connectivity index (χ0n) is 16.3. The van der Waals surface area contributed by atoms with Gasteiger partial charge in [-0.1, -0.05) is 6.07 Å². The average Bonchev–Trinajstić information content (AvgIpc) is 3.54. The van der Waals surface area contributed by atoms with Crippen LogP contribution in [0.4, 0.5) is 5.69 Å². The Morgan fingerprint density at radius 3 is 2.74 bits per heavy atom. The molecule has 0 aliphatic rings. The van der Waals surface area contributed by atoms with Gasteiger partial charge in [-0.25, -0.2) is 18.1 Å². The number of anilines is 1. The summed E-state index contributed by atoms with van der Waals surface area (Å²) in [5.74, 6) is 0. The van der Waals surface area contributed by atoms with Crippen molar-refractivity contribution in [2.45, 2.75) is 14.3 Å². The Hall–Kier alpha value is -2.74. The van der Waals surface area contributed by atoms with Crippen LogP contribution in [0.3, 0.4) is 0 Å². The highest BCUT2D eigenvalue weighted by atomic mass is 32.2. The van der Waals surface area contributed by atoms with Gasteiger partial charge in [0.25, 0.3) is 10.0 Å². The number of benzene rings is 1. The Morgan fingerprint density at radius 2 is 2.06 bits per heavy atom. The number of aromatic nitrogens is 6. The quantitative estimate of drug-likeness (QED) is 0.386. The Balaban J connectivity index is 1.67. The average molecular weight is 490 g/mol. The summed E-state index contributed by atoms with van der Waals surface area (Å²) in [6, 6.07) is 8.99. The largest absolute Gasteiger partial charge is 0.351 e. The van der Waals surface area contributed by atoms with Crippen LogP contribution in [-0.4, -0.2) is 45.6 Å². The molecule has 9 nitrogen and oxygen atoms in total. The second-order valence-corrected chi connectivity index (χ2v) is 11.5. The minimum Gasteiger partial charge on any atom is -0.351 e. The molecule has 4 heterocycles. The van der Waals surface area contributed by atoms with E-state index in [1.54, 1.807) is 48.6 Å². The molecule has 0 aliphatic carbocycles. The van der Waals surface area contributed by atoms with Crippen LogP contribution < -0.4 is 4.31 Å². The van der Waals surface area contributed by atoms with Crippen LogP contribution in [0.15, 0.2) is 61.5 Å². The topological polar surface area (TPSA) is 110 Å². The molecule has 5 aromatic rings. The Morgan fingerprint density at radius 1 is 1.19 bits per heavy atom. The van der Waals surface area contributed by atoms with Crippen LogP contribution in [-0.2, 0) is 17.1 Å². The third kappa shape index (κ3) is 3.52. The van der Waals surface area contributed by atoms with Crippen LogP contribution in [0, 0.1) is 0 Å². The number of thiophene rings is 1. The van der Waals surface area contributed by atoms with E-state index in [2.05, 4.69) is 25.5 Å². The lowest BCUT2D eigenvalue weighted by Crippen LogP contribution is -2.26. The van der Waals surface area contributed by atoms with E-state index in [0.29, 0.717) is 20.6 Å². The summed E-state index contributed by atoms with van der Waals surface area (Å²) < 4.78 is 29.5. The van der Waals surface area contributed by atoms with Crippen LogP contribution in [0.5, 0.6) is 0 Å². The van der Waals surface area contributed by atoms with Crippen LogP contribution in [0.1, 0.15) is 0 Å². The molecule has 0 aliphatic heterocycles. The molecule has 0 saturated heterocycles. The van der Waals surface area contributed by atoms with Gasteiger partial charge in [0.1, 0.15) is 9.22 Å². The molecule has 0 amide bonds. The fourth-order valence-corrected chi connectivity index (χ4v) is 6.91. The van der Waals surface area contributed by atoms with Crippen molar-refractivity contribution in [3.63, 3.8) is 0 Å². The number of nitrogens with one attached hydrogen (secondary N) is 1. The third-order valence-electron chi connectivity index (χ3n) is 4.63. The molecule has 0 radical (unpaired) electrons. The van der Waals surface area contributed by atoms with E-state index in [4.69, 9.17) is 0 Å². The fraction of sp³-hybridized carbons (Fsp3) is 0.111. The SMILES string of the molecule is CN(c1ccc(Sc2nnnn2C)c2cc(-c3nccs3)[nH]c12)S(=O)(=O)c1cccs1. The number of tetrazole rings is 1. The first-order valence-electron chi connectivity index (χ1n) is 8.93. The number of fused-ring (bicyclic) bond motifs is 1. The van der Waals surface area contributed by atoms with E-state index in [1.807, 2.05) is 17.5 Å². The number of hydrogen-bond acceptors (Lipinski definition) is 9. The van der Waals surface area contributed by atoms with Crippen LogP contribution in [0.25, 0.3) is 21.6 Å². The van der Waals surface area contributed by atoms with Crippen molar-refractivity contribution in [1.29, 1.82) is 0 Å². The molecular formula is C18H15N7O2S4. The summed E-state index contributed by atoms with van der Waals surface area (Å²) in [6.45, 7) is 0.